The molecule has 0 aliphatic carbocycles. The van der Waals surface area contributed by atoms with Gasteiger partial charge in [-0.1, -0.05) is 13.8 Å². The van der Waals surface area contributed by atoms with Gasteiger partial charge in [-0.15, -0.1) is 0 Å². The van der Waals surface area contributed by atoms with E-state index in [-0.39, 0.29) is 18.8 Å². The fourth-order valence-corrected chi connectivity index (χ4v) is 3.13. The molecule has 0 aliphatic heterocycles. The Morgan fingerprint density at radius 1 is 1.00 bits per heavy atom. The van der Waals surface area contributed by atoms with Crippen LogP contribution in [0.2, 0.25) is 0 Å². The first-order valence-corrected chi connectivity index (χ1v) is 11.1. The average molecular weight is 468 g/mol. The molecule has 0 fully saturated rings. The molecule has 1 rings (SSSR count). The van der Waals surface area contributed by atoms with Gasteiger partial charge in [-0.2, -0.15) is 0 Å². The highest BCUT2D eigenvalue weighted by Crippen LogP contribution is 2.08. The Labute approximate surface area is 193 Å². The zero-order chi connectivity index (χ0) is 25.0. The first kappa shape index (κ1) is 28.0. The predicted molar refractivity (Wildman–Crippen MR) is 122 cm³/mol. The molecule has 33 heavy (non-hydrogen) atoms. The van der Waals surface area contributed by atoms with Gasteiger partial charge in [0.05, 0.1) is 12.4 Å². The number of hydrogen-bond donors (Lipinski definition) is 7. The highest BCUT2D eigenvalue weighted by Gasteiger charge is 2.30. The van der Waals surface area contributed by atoms with E-state index in [1.807, 2.05) is 13.8 Å². The normalized spacial score (nSPS) is 14.7. The highest BCUT2D eigenvalue weighted by atomic mass is 16.4. The third-order valence-corrected chi connectivity index (χ3v) is 4.93. The molecular weight excluding hydrogens is 430 g/mol. The summed E-state index contributed by atoms with van der Waals surface area (Å²) in [5.41, 5.74) is 11.7. The van der Waals surface area contributed by atoms with Crippen molar-refractivity contribution in [1.29, 1.82) is 0 Å². The van der Waals surface area contributed by atoms with E-state index in [0.717, 1.165) is 0 Å². The van der Waals surface area contributed by atoms with E-state index in [4.69, 9.17) is 11.5 Å². The fraction of sp³-hybridized carbons (Fsp3) is 0.667. The summed E-state index contributed by atoms with van der Waals surface area (Å²) in [5.74, 6) is -2.78. The van der Waals surface area contributed by atoms with Crippen molar-refractivity contribution >= 4 is 23.7 Å². The van der Waals surface area contributed by atoms with Crippen LogP contribution in [0.5, 0.6) is 0 Å². The molecular formula is C21H37N7O5. The van der Waals surface area contributed by atoms with Crippen molar-refractivity contribution in [2.24, 2.45) is 17.4 Å². The van der Waals surface area contributed by atoms with E-state index < -0.39 is 47.9 Å². The van der Waals surface area contributed by atoms with E-state index in [0.29, 0.717) is 31.5 Å². The molecule has 0 bridgehead atoms. The Morgan fingerprint density at radius 3 is 2.12 bits per heavy atom. The van der Waals surface area contributed by atoms with Gasteiger partial charge in [0.2, 0.25) is 17.7 Å². The standard InChI is InChI=1S/C21H37N7O5/c1-12(2)8-16(27-18(29)13(3)23)20(31)26-15(6-4-5-7-22)19(30)28-17(21(32)33)9-14-10-24-11-25-14/h10-13,15-17H,4-9,22-23H2,1-3H3,(H,24,25)(H,26,31)(H,27,29)(H,28,30)(H,32,33). The summed E-state index contributed by atoms with van der Waals surface area (Å²) in [4.78, 5) is 56.3. The number of rotatable bonds is 15. The number of imidazole rings is 1. The molecule has 0 saturated carbocycles. The Kier molecular flexibility index (Phi) is 12.1. The van der Waals surface area contributed by atoms with Gasteiger partial charge >= 0.3 is 5.97 Å². The molecule has 1 aromatic heterocycles. The second-order valence-corrected chi connectivity index (χ2v) is 8.51. The molecule has 0 aromatic carbocycles. The number of carbonyl (C=O) groups excluding carboxylic acids is 3. The molecule has 9 N–H and O–H groups in total. The van der Waals surface area contributed by atoms with Gasteiger partial charge in [0.1, 0.15) is 18.1 Å². The average Bonchev–Trinajstić information content (AvgIpc) is 3.24. The maximum atomic E-state index is 13.0. The Bertz CT molecular complexity index is 767. The third kappa shape index (κ3) is 10.4. The molecule has 3 amide bonds. The van der Waals surface area contributed by atoms with Crippen LogP contribution in [0.25, 0.3) is 0 Å². The molecule has 12 heteroatoms. The van der Waals surface area contributed by atoms with Crippen LogP contribution < -0.4 is 27.4 Å². The lowest BCUT2D eigenvalue weighted by Gasteiger charge is -2.25. The van der Waals surface area contributed by atoms with Crippen molar-refractivity contribution in [2.45, 2.75) is 77.0 Å². The summed E-state index contributed by atoms with van der Waals surface area (Å²) in [7, 11) is 0. The largest absolute Gasteiger partial charge is 0.480 e. The quantitative estimate of drug-likeness (QED) is 0.159. The smallest absolute Gasteiger partial charge is 0.326 e. The minimum absolute atomic E-state index is 0.00492. The molecule has 0 aliphatic rings. The second-order valence-electron chi connectivity index (χ2n) is 8.51. The van der Waals surface area contributed by atoms with Gasteiger partial charge in [-0.3, -0.25) is 14.4 Å². The number of aliphatic carboxylic acids is 1. The number of hydrogen-bond acceptors (Lipinski definition) is 7. The van der Waals surface area contributed by atoms with Crippen molar-refractivity contribution in [3.05, 3.63) is 18.2 Å². The van der Waals surface area contributed by atoms with Crippen LogP contribution in [0.3, 0.4) is 0 Å². The Balaban J connectivity index is 2.95. The lowest BCUT2D eigenvalue weighted by Crippen LogP contribution is -2.57. The van der Waals surface area contributed by atoms with Gasteiger partial charge < -0.3 is 37.5 Å². The molecule has 0 saturated heterocycles. The number of carboxylic acid groups (broad SMARTS) is 1. The van der Waals surface area contributed by atoms with Gasteiger partial charge in [-0.05, 0) is 45.1 Å². The molecule has 12 nitrogen and oxygen atoms in total. The topological polar surface area (TPSA) is 205 Å². The van der Waals surface area contributed by atoms with Crippen molar-refractivity contribution in [2.75, 3.05) is 6.54 Å². The predicted octanol–water partition coefficient (Wildman–Crippen LogP) is -0.986. The lowest BCUT2D eigenvalue weighted by atomic mass is 10.0. The van der Waals surface area contributed by atoms with Crippen LogP contribution in [0.4, 0.5) is 0 Å². The third-order valence-electron chi connectivity index (χ3n) is 4.93. The number of carbonyl (C=O) groups is 4. The molecule has 0 radical (unpaired) electrons. The van der Waals surface area contributed by atoms with Gasteiger partial charge in [0, 0.05) is 18.3 Å². The maximum Gasteiger partial charge on any atom is 0.326 e. The monoisotopic (exact) mass is 467 g/mol. The number of amides is 3. The summed E-state index contributed by atoms with van der Waals surface area (Å²) in [6.45, 7) is 5.72. The van der Waals surface area contributed by atoms with E-state index >= 15 is 0 Å². The SMILES string of the molecule is CC(C)CC(NC(=O)C(C)N)C(=O)NC(CCCCN)C(=O)NC(Cc1cnc[nH]1)C(=O)O. The van der Waals surface area contributed by atoms with Crippen LogP contribution >= 0.6 is 0 Å². The molecule has 0 spiro atoms. The number of H-pyrrole nitrogens is 1. The fourth-order valence-electron chi connectivity index (χ4n) is 3.13. The number of aromatic nitrogens is 2. The summed E-state index contributed by atoms with van der Waals surface area (Å²) < 4.78 is 0. The molecule has 1 heterocycles. The molecule has 1 aromatic rings. The van der Waals surface area contributed by atoms with Crippen LogP contribution in [0.15, 0.2) is 12.5 Å². The number of nitrogens with one attached hydrogen (secondary N) is 4. The van der Waals surface area contributed by atoms with Crippen molar-refractivity contribution in [3.63, 3.8) is 0 Å². The zero-order valence-electron chi connectivity index (χ0n) is 19.5. The Hall–Kier alpha value is -2.99. The van der Waals surface area contributed by atoms with E-state index in [2.05, 4.69) is 25.9 Å². The molecule has 4 atom stereocenters. The van der Waals surface area contributed by atoms with E-state index in [1.54, 1.807) is 0 Å². The summed E-state index contributed by atoms with van der Waals surface area (Å²) in [5, 5.41) is 17.3. The minimum atomic E-state index is -1.22. The van der Waals surface area contributed by atoms with Crippen LogP contribution in [-0.4, -0.2) is 69.5 Å². The lowest BCUT2D eigenvalue weighted by molar-refractivity contribution is -0.142. The second kappa shape index (κ2) is 14.2. The first-order chi connectivity index (χ1) is 15.5. The van der Waals surface area contributed by atoms with Crippen molar-refractivity contribution in [1.82, 2.24) is 25.9 Å². The van der Waals surface area contributed by atoms with Crippen molar-refractivity contribution in [3.8, 4) is 0 Å². The summed E-state index contributed by atoms with van der Waals surface area (Å²) in [6, 6.07) is -3.88. The van der Waals surface area contributed by atoms with Gasteiger partial charge in [0.25, 0.3) is 0 Å². The number of nitrogens with zero attached hydrogens (tertiary/aromatic N) is 1. The highest BCUT2D eigenvalue weighted by molar-refractivity contribution is 5.94. The number of aromatic amines is 1. The van der Waals surface area contributed by atoms with Crippen LogP contribution in [-0.2, 0) is 25.6 Å². The maximum absolute atomic E-state index is 13.0. The minimum Gasteiger partial charge on any atom is -0.480 e. The molecule has 186 valence electrons. The number of unbranched alkanes of at least 4 members (excludes halogenated alkanes) is 1. The van der Waals surface area contributed by atoms with E-state index in [9.17, 15) is 24.3 Å². The number of nitrogens with two attached hydrogens (primary N) is 2. The van der Waals surface area contributed by atoms with Gasteiger partial charge in [0.15, 0.2) is 0 Å². The van der Waals surface area contributed by atoms with Crippen LogP contribution in [0, 0.1) is 5.92 Å². The van der Waals surface area contributed by atoms with Crippen molar-refractivity contribution < 1.29 is 24.3 Å². The first-order valence-electron chi connectivity index (χ1n) is 11.1. The summed E-state index contributed by atoms with van der Waals surface area (Å²) in [6.07, 6.45) is 4.68. The van der Waals surface area contributed by atoms with Gasteiger partial charge in [-0.25, -0.2) is 9.78 Å². The zero-order valence-corrected chi connectivity index (χ0v) is 19.5. The number of carboxylic acids is 1. The summed E-state index contributed by atoms with van der Waals surface area (Å²) >= 11 is 0. The Morgan fingerprint density at radius 2 is 1.61 bits per heavy atom. The van der Waals surface area contributed by atoms with E-state index in [1.165, 1.54) is 19.4 Å². The van der Waals surface area contributed by atoms with Crippen LogP contribution in [0.1, 0.15) is 52.1 Å². The molecule has 4 unspecified atom stereocenters.